The zero-order chi connectivity index (χ0) is 10.6. The lowest BCUT2D eigenvalue weighted by Crippen LogP contribution is -2.33. The van der Waals surface area contributed by atoms with Crippen molar-refractivity contribution in [1.29, 1.82) is 0 Å². The highest BCUT2D eigenvalue weighted by Crippen LogP contribution is 2.41. The maximum absolute atomic E-state index is 11.3. The van der Waals surface area contributed by atoms with Crippen LogP contribution in [0.2, 0.25) is 5.31 Å². The Morgan fingerprint density at radius 1 is 1.71 bits per heavy atom. The molecule has 0 saturated carbocycles. The zero-order valence-corrected chi connectivity index (χ0v) is 9.18. The second-order valence-corrected chi connectivity index (χ2v) is 4.52. The third-order valence-corrected chi connectivity index (χ3v) is 3.50. The van der Waals surface area contributed by atoms with E-state index in [1.54, 1.807) is 0 Å². The Bertz CT molecular complexity index is 204. The molecule has 1 aliphatic heterocycles. The third kappa shape index (κ3) is 2.29. The fourth-order valence-electron chi connectivity index (χ4n) is 2.23. The van der Waals surface area contributed by atoms with E-state index in [4.69, 9.17) is 0 Å². The van der Waals surface area contributed by atoms with Crippen LogP contribution in [0.15, 0.2) is 0 Å². The van der Waals surface area contributed by atoms with Gasteiger partial charge in [-0.2, -0.15) is 0 Å². The molecular formula is C10H20BNO2. The molecule has 0 aromatic heterocycles. The number of carbonyl (C=O) groups is 1. The van der Waals surface area contributed by atoms with Gasteiger partial charge in [-0.05, 0) is 31.8 Å². The maximum atomic E-state index is 11.3. The molecule has 2 N–H and O–H groups in total. The van der Waals surface area contributed by atoms with Gasteiger partial charge in [-0.1, -0.05) is 19.8 Å². The third-order valence-electron chi connectivity index (χ3n) is 3.50. The van der Waals surface area contributed by atoms with Gasteiger partial charge in [0, 0.05) is 5.31 Å². The van der Waals surface area contributed by atoms with Gasteiger partial charge in [-0.25, -0.2) is 0 Å². The van der Waals surface area contributed by atoms with Crippen molar-refractivity contribution in [3.05, 3.63) is 0 Å². The minimum Gasteiger partial charge on any atom is -0.481 e. The predicted molar refractivity (Wildman–Crippen MR) is 59.4 cm³/mol. The van der Waals surface area contributed by atoms with E-state index in [0.717, 1.165) is 38.8 Å². The van der Waals surface area contributed by atoms with E-state index >= 15 is 0 Å². The Kier molecular flexibility index (Phi) is 3.99. The molecular weight excluding hydrogens is 177 g/mol. The van der Waals surface area contributed by atoms with E-state index in [1.165, 1.54) is 0 Å². The molecule has 1 aliphatic rings. The first-order valence-electron chi connectivity index (χ1n) is 5.55. The average Bonchev–Trinajstić information content (AvgIpc) is 2.66. The van der Waals surface area contributed by atoms with E-state index < -0.39 is 11.3 Å². The molecule has 14 heavy (non-hydrogen) atoms. The number of hydrogen-bond acceptors (Lipinski definition) is 2. The summed E-state index contributed by atoms with van der Waals surface area (Å²) < 4.78 is 0. The van der Waals surface area contributed by atoms with Crippen molar-refractivity contribution in [3.63, 3.8) is 0 Å². The fourth-order valence-corrected chi connectivity index (χ4v) is 2.23. The normalized spacial score (nSPS) is 25.9. The molecule has 1 rings (SSSR count). The molecule has 2 atom stereocenters. The number of aliphatic carboxylic acids is 1. The maximum Gasteiger partial charge on any atom is 0.301 e. The number of rotatable bonds is 5. The summed E-state index contributed by atoms with van der Waals surface area (Å²) in [4.78, 5) is 11.3. The quantitative estimate of drug-likeness (QED) is 0.636. The molecule has 1 saturated heterocycles. The van der Waals surface area contributed by atoms with Gasteiger partial charge in [0.15, 0.2) is 0 Å². The molecule has 0 spiro atoms. The van der Waals surface area contributed by atoms with E-state index in [2.05, 4.69) is 12.2 Å². The SMILES string of the molecule is BC(CCCC)(C(=O)O)C1CCNC1. The van der Waals surface area contributed by atoms with Gasteiger partial charge in [0.1, 0.15) is 7.85 Å². The molecule has 1 fully saturated rings. The number of hydrogen-bond donors (Lipinski definition) is 2. The summed E-state index contributed by atoms with van der Waals surface area (Å²) >= 11 is 0. The lowest BCUT2D eigenvalue weighted by molar-refractivity contribution is -0.142. The summed E-state index contributed by atoms with van der Waals surface area (Å²) in [5.41, 5.74) is 0. The highest BCUT2D eigenvalue weighted by Gasteiger charge is 2.41. The van der Waals surface area contributed by atoms with Crippen LogP contribution >= 0.6 is 0 Å². The van der Waals surface area contributed by atoms with Crippen molar-refractivity contribution < 1.29 is 9.90 Å². The largest absolute Gasteiger partial charge is 0.481 e. The Hall–Kier alpha value is -0.505. The monoisotopic (exact) mass is 197 g/mol. The molecule has 0 bridgehead atoms. The van der Waals surface area contributed by atoms with Crippen LogP contribution in [0.1, 0.15) is 32.6 Å². The molecule has 0 aromatic rings. The lowest BCUT2D eigenvalue weighted by Gasteiger charge is -2.30. The highest BCUT2D eigenvalue weighted by molar-refractivity contribution is 6.27. The summed E-state index contributed by atoms with van der Waals surface area (Å²) in [5, 5.41) is 12.0. The summed E-state index contributed by atoms with van der Waals surface area (Å²) in [6, 6.07) is 0. The van der Waals surface area contributed by atoms with Crippen LogP contribution in [0, 0.1) is 5.92 Å². The van der Waals surface area contributed by atoms with E-state index in [1.807, 2.05) is 7.85 Å². The zero-order valence-electron chi connectivity index (χ0n) is 9.18. The number of nitrogens with one attached hydrogen (secondary N) is 1. The average molecular weight is 197 g/mol. The first-order valence-corrected chi connectivity index (χ1v) is 5.55. The van der Waals surface area contributed by atoms with Crippen LogP contribution in [-0.2, 0) is 4.79 Å². The highest BCUT2D eigenvalue weighted by atomic mass is 16.4. The van der Waals surface area contributed by atoms with Crippen LogP contribution < -0.4 is 5.32 Å². The summed E-state index contributed by atoms with van der Waals surface area (Å²) in [6.07, 6.45) is 3.90. The van der Waals surface area contributed by atoms with Crippen LogP contribution in [0.5, 0.6) is 0 Å². The number of carboxylic acids is 1. The minimum absolute atomic E-state index is 0.312. The van der Waals surface area contributed by atoms with E-state index in [0.29, 0.717) is 5.92 Å². The second-order valence-electron chi connectivity index (χ2n) is 4.52. The molecule has 80 valence electrons. The topological polar surface area (TPSA) is 49.3 Å². The predicted octanol–water partition coefficient (Wildman–Crippen LogP) is 0.662. The van der Waals surface area contributed by atoms with Crippen LogP contribution in [-0.4, -0.2) is 32.0 Å². The fraction of sp³-hybridized carbons (Fsp3) is 0.900. The molecule has 0 aromatic carbocycles. The van der Waals surface area contributed by atoms with Crippen molar-refractivity contribution >= 4 is 13.8 Å². The van der Waals surface area contributed by atoms with Gasteiger partial charge in [0.25, 0.3) is 0 Å². The number of carboxylic acid groups (broad SMARTS) is 1. The van der Waals surface area contributed by atoms with Crippen LogP contribution in [0.4, 0.5) is 0 Å². The standard InChI is InChI=1S/C10H20BNO2/c1-2-3-5-10(11,9(13)14)8-4-6-12-7-8/h8,12H,2-7,11H2,1H3,(H,13,14). The van der Waals surface area contributed by atoms with E-state index in [-0.39, 0.29) is 0 Å². The first kappa shape index (κ1) is 11.6. The van der Waals surface area contributed by atoms with Gasteiger partial charge >= 0.3 is 5.97 Å². The molecule has 0 aliphatic carbocycles. The van der Waals surface area contributed by atoms with Crippen LogP contribution in [0.3, 0.4) is 0 Å². The molecule has 1 heterocycles. The molecule has 0 amide bonds. The Morgan fingerprint density at radius 2 is 2.43 bits per heavy atom. The molecule has 2 unspecified atom stereocenters. The minimum atomic E-state index is -0.625. The molecule has 3 nitrogen and oxygen atoms in total. The van der Waals surface area contributed by atoms with E-state index in [9.17, 15) is 9.90 Å². The van der Waals surface area contributed by atoms with Gasteiger partial charge < -0.3 is 10.4 Å². The van der Waals surface area contributed by atoms with Gasteiger partial charge in [0.05, 0.1) is 0 Å². The second kappa shape index (κ2) is 4.83. The number of unbranched alkanes of at least 4 members (excludes halogenated alkanes) is 1. The van der Waals surface area contributed by atoms with Gasteiger partial charge in [-0.15, -0.1) is 0 Å². The Labute approximate surface area is 86.7 Å². The van der Waals surface area contributed by atoms with Crippen molar-refractivity contribution in [2.75, 3.05) is 13.1 Å². The Balaban J connectivity index is 2.64. The summed E-state index contributed by atoms with van der Waals surface area (Å²) in [6.45, 7) is 3.95. The summed E-state index contributed by atoms with van der Waals surface area (Å²) in [7, 11) is 1.91. The van der Waals surface area contributed by atoms with Crippen molar-refractivity contribution in [3.8, 4) is 0 Å². The Morgan fingerprint density at radius 3 is 2.86 bits per heavy atom. The first-order chi connectivity index (χ1) is 6.61. The van der Waals surface area contributed by atoms with Gasteiger partial charge in [-0.3, -0.25) is 4.79 Å². The van der Waals surface area contributed by atoms with Crippen molar-refractivity contribution in [1.82, 2.24) is 5.32 Å². The van der Waals surface area contributed by atoms with Gasteiger partial charge in [0.2, 0.25) is 0 Å². The lowest BCUT2D eigenvalue weighted by atomic mass is 9.57. The van der Waals surface area contributed by atoms with Crippen molar-refractivity contribution in [2.24, 2.45) is 5.92 Å². The van der Waals surface area contributed by atoms with Crippen molar-refractivity contribution in [2.45, 2.75) is 37.9 Å². The van der Waals surface area contributed by atoms with Crippen LogP contribution in [0.25, 0.3) is 0 Å². The molecule has 4 heteroatoms. The summed E-state index contributed by atoms with van der Waals surface area (Å²) in [5.74, 6) is -0.314. The molecule has 0 radical (unpaired) electrons. The smallest absolute Gasteiger partial charge is 0.301 e.